The van der Waals surface area contributed by atoms with Gasteiger partial charge in [0.05, 0.1) is 13.0 Å². The summed E-state index contributed by atoms with van der Waals surface area (Å²) in [5.74, 6) is -0.824. The van der Waals surface area contributed by atoms with Gasteiger partial charge in [-0.25, -0.2) is 0 Å². The molecule has 0 aliphatic carbocycles. The first-order chi connectivity index (χ1) is 15.9. The highest BCUT2D eigenvalue weighted by Gasteiger charge is 2.42. The second-order valence-corrected chi connectivity index (χ2v) is 8.76. The summed E-state index contributed by atoms with van der Waals surface area (Å²) >= 11 is 0. The van der Waals surface area contributed by atoms with E-state index in [0.29, 0.717) is 24.3 Å². The van der Waals surface area contributed by atoms with Crippen LogP contribution >= 0.6 is 0 Å². The lowest BCUT2D eigenvalue weighted by atomic mass is 9.69. The Bertz CT molecular complexity index is 968. The molecule has 6 heteroatoms. The maximum absolute atomic E-state index is 13.4. The van der Waals surface area contributed by atoms with E-state index < -0.39 is 17.3 Å². The van der Waals surface area contributed by atoms with E-state index in [1.54, 1.807) is 6.07 Å². The van der Waals surface area contributed by atoms with Gasteiger partial charge in [0.1, 0.15) is 11.2 Å². The van der Waals surface area contributed by atoms with Crippen LogP contribution in [0.4, 0.5) is 5.69 Å². The molecule has 6 nitrogen and oxygen atoms in total. The van der Waals surface area contributed by atoms with Crippen molar-refractivity contribution >= 4 is 17.6 Å². The third-order valence-electron chi connectivity index (χ3n) is 6.59. The van der Waals surface area contributed by atoms with Crippen LogP contribution in [-0.2, 0) is 21.4 Å². The molecule has 3 N–H and O–H groups in total. The van der Waals surface area contributed by atoms with E-state index in [4.69, 9.17) is 10.5 Å². The number of piperidine rings is 1. The largest absolute Gasteiger partial charge is 0.494 e. The number of carbonyl (C=O) groups excluding carboxylic acids is 1. The minimum atomic E-state index is -1.03. The number of amides is 1. The van der Waals surface area contributed by atoms with Gasteiger partial charge in [-0.2, -0.15) is 0 Å². The molecular formula is C27H36N2O4. The van der Waals surface area contributed by atoms with Crippen LogP contribution in [0.1, 0.15) is 69.1 Å². The molecule has 1 aliphatic heterocycles. The number of rotatable bonds is 11. The third-order valence-corrected chi connectivity index (χ3v) is 6.59. The summed E-state index contributed by atoms with van der Waals surface area (Å²) in [5.41, 5.74) is 8.51. The SMILES string of the molecule is CCCCC(C(N)=O)(c1ccc(CC(=O)O)c(OCC)c1)c1ccccc1N1CCCCC1. The van der Waals surface area contributed by atoms with E-state index in [2.05, 4.69) is 17.9 Å². The number of para-hydroxylation sites is 1. The topological polar surface area (TPSA) is 92.9 Å². The Morgan fingerprint density at radius 1 is 1.09 bits per heavy atom. The quantitative estimate of drug-likeness (QED) is 0.517. The predicted octanol–water partition coefficient (Wildman–Crippen LogP) is 4.66. The number of ether oxygens (including phenoxy) is 1. The molecule has 1 atom stereocenters. The molecule has 2 aromatic carbocycles. The predicted molar refractivity (Wildman–Crippen MR) is 131 cm³/mol. The van der Waals surface area contributed by atoms with Crippen LogP contribution in [0.2, 0.25) is 0 Å². The van der Waals surface area contributed by atoms with Gasteiger partial charge in [0.25, 0.3) is 0 Å². The number of hydrogen-bond donors (Lipinski definition) is 2. The van der Waals surface area contributed by atoms with Crippen LogP contribution < -0.4 is 15.4 Å². The first-order valence-electron chi connectivity index (χ1n) is 12.1. The van der Waals surface area contributed by atoms with Crippen LogP contribution in [0.25, 0.3) is 0 Å². The normalized spacial score (nSPS) is 15.6. The number of nitrogens with two attached hydrogens (primary N) is 1. The molecule has 1 saturated heterocycles. The molecule has 1 fully saturated rings. The fourth-order valence-electron chi connectivity index (χ4n) is 4.94. The summed E-state index contributed by atoms with van der Waals surface area (Å²) in [4.78, 5) is 27.1. The van der Waals surface area contributed by atoms with Gasteiger partial charge in [-0.1, -0.05) is 50.1 Å². The third kappa shape index (κ3) is 5.32. The standard InChI is InChI=1S/C27H36N2O4/c1-3-5-15-27(26(28)32,21-14-13-20(18-25(30)31)24(19-21)33-4-2)22-11-7-8-12-23(22)29-16-9-6-10-17-29/h7-8,11-14,19H,3-6,9-10,15-18H2,1-2H3,(H2,28,32)(H,30,31). The number of anilines is 1. The smallest absolute Gasteiger partial charge is 0.307 e. The Kier molecular flexibility index (Phi) is 8.37. The Labute approximate surface area is 196 Å². The average Bonchev–Trinajstić information content (AvgIpc) is 2.81. The van der Waals surface area contributed by atoms with Gasteiger partial charge in [-0.05, 0) is 55.9 Å². The average molecular weight is 453 g/mol. The van der Waals surface area contributed by atoms with Gasteiger partial charge in [0, 0.05) is 24.3 Å². The number of carboxylic acid groups (broad SMARTS) is 1. The monoisotopic (exact) mass is 452 g/mol. The summed E-state index contributed by atoms with van der Waals surface area (Å²) in [6.07, 6.45) is 5.68. The zero-order valence-electron chi connectivity index (χ0n) is 19.8. The van der Waals surface area contributed by atoms with Crippen molar-refractivity contribution in [1.82, 2.24) is 0 Å². The Balaban J connectivity index is 2.22. The van der Waals surface area contributed by atoms with Crippen molar-refractivity contribution < 1.29 is 19.4 Å². The fourth-order valence-corrected chi connectivity index (χ4v) is 4.94. The highest BCUT2D eigenvalue weighted by Crippen LogP contribution is 2.44. The summed E-state index contributed by atoms with van der Waals surface area (Å²) in [6, 6.07) is 13.5. The number of unbranched alkanes of at least 4 members (excludes halogenated alkanes) is 1. The molecule has 3 rings (SSSR count). The molecule has 0 spiro atoms. The van der Waals surface area contributed by atoms with Crippen LogP contribution in [0.15, 0.2) is 42.5 Å². The van der Waals surface area contributed by atoms with Crippen molar-refractivity contribution in [2.75, 3.05) is 24.6 Å². The molecule has 1 amide bonds. The summed E-state index contributed by atoms with van der Waals surface area (Å²) in [5, 5.41) is 9.32. The lowest BCUT2D eigenvalue weighted by Crippen LogP contribution is -2.44. The van der Waals surface area contributed by atoms with Crippen LogP contribution in [-0.4, -0.2) is 36.7 Å². The van der Waals surface area contributed by atoms with Gasteiger partial charge in [-0.3, -0.25) is 9.59 Å². The van der Waals surface area contributed by atoms with Crippen molar-refractivity contribution in [2.45, 2.75) is 64.2 Å². The van der Waals surface area contributed by atoms with E-state index in [-0.39, 0.29) is 6.42 Å². The highest BCUT2D eigenvalue weighted by atomic mass is 16.5. The van der Waals surface area contributed by atoms with E-state index >= 15 is 0 Å². The number of benzene rings is 2. The van der Waals surface area contributed by atoms with Gasteiger partial charge in [0.15, 0.2) is 0 Å². The molecule has 0 bridgehead atoms. The van der Waals surface area contributed by atoms with Crippen LogP contribution in [0.3, 0.4) is 0 Å². The van der Waals surface area contributed by atoms with Gasteiger partial charge < -0.3 is 20.5 Å². The number of nitrogens with zero attached hydrogens (tertiary/aromatic N) is 1. The number of carbonyl (C=O) groups is 2. The lowest BCUT2D eigenvalue weighted by Gasteiger charge is -2.38. The molecular weight excluding hydrogens is 416 g/mol. The second-order valence-electron chi connectivity index (χ2n) is 8.76. The molecule has 0 radical (unpaired) electrons. The Morgan fingerprint density at radius 2 is 1.82 bits per heavy atom. The van der Waals surface area contributed by atoms with E-state index in [9.17, 15) is 14.7 Å². The van der Waals surface area contributed by atoms with Crippen LogP contribution in [0.5, 0.6) is 5.75 Å². The van der Waals surface area contributed by atoms with Crippen molar-refractivity contribution in [3.63, 3.8) is 0 Å². The first kappa shape index (κ1) is 24.6. The van der Waals surface area contributed by atoms with E-state index in [1.165, 1.54) is 6.42 Å². The molecule has 1 aliphatic rings. The first-order valence-corrected chi connectivity index (χ1v) is 12.1. The Morgan fingerprint density at radius 3 is 2.45 bits per heavy atom. The summed E-state index contributed by atoms with van der Waals surface area (Å²) in [7, 11) is 0. The lowest BCUT2D eigenvalue weighted by molar-refractivity contribution is -0.136. The minimum absolute atomic E-state index is 0.140. The maximum atomic E-state index is 13.4. The zero-order valence-corrected chi connectivity index (χ0v) is 19.8. The minimum Gasteiger partial charge on any atom is -0.494 e. The molecule has 33 heavy (non-hydrogen) atoms. The van der Waals surface area contributed by atoms with Crippen molar-refractivity contribution in [1.29, 1.82) is 0 Å². The maximum Gasteiger partial charge on any atom is 0.307 e. The molecule has 178 valence electrons. The highest BCUT2D eigenvalue weighted by molar-refractivity contribution is 5.93. The molecule has 2 aromatic rings. The van der Waals surface area contributed by atoms with E-state index in [0.717, 1.165) is 55.6 Å². The molecule has 0 aromatic heterocycles. The van der Waals surface area contributed by atoms with Crippen molar-refractivity contribution in [3.8, 4) is 5.75 Å². The molecule has 1 unspecified atom stereocenters. The van der Waals surface area contributed by atoms with Crippen molar-refractivity contribution in [2.24, 2.45) is 5.73 Å². The van der Waals surface area contributed by atoms with E-state index in [1.807, 2.05) is 37.3 Å². The zero-order chi connectivity index (χ0) is 23.8. The number of carboxylic acids is 1. The summed E-state index contributed by atoms with van der Waals surface area (Å²) in [6.45, 7) is 6.28. The van der Waals surface area contributed by atoms with Crippen LogP contribution in [0, 0.1) is 0 Å². The summed E-state index contributed by atoms with van der Waals surface area (Å²) < 4.78 is 5.81. The Hall–Kier alpha value is -3.02. The van der Waals surface area contributed by atoms with Gasteiger partial charge in [0.2, 0.25) is 5.91 Å². The molecule has 1 heterocycles. The number of primary amides is 1. The molecule has 0 saturated carbocycles. The van der Waals surface area contributed by atoms with Crippen molar-refractivity contribution in [3.05, 3.63) is 59.2 Å². The number of hydrogen-bond acceptors (Lipinski definition) is 4. The number of aliphatic carboxylic acids is 1. The fraction of sp³-hybridized carbons (Fsp3) is 0.481. The van der Waals surface area contributed by atoms with Gasteiger partial charge in [-0.15, -0.1) is 0 Å². The second kappa shape index (κ2) is 11.2. The van der Waals surface area contributed by atoms with Gasteiger partial charge >= 0.3 is 5.97 Å².